The zero-order valence-electron chi connectivity index (χ0n) is 10.6. The summed E-state index contributed by atoms with van der Waals surface area (Å²) in [5.41, 5.74) is 3.73. The quantitative estimate of drug-likeness (QED) is 0.402. The van der Waals surface area contributed by atoms with Crippen LogP contribution in [0.1, 0.15) is 46.0 Å². The van der Waals surface area contributed by atoms with Gasteiger partial charge in [-0.2, -0.15) is 0 Å². The lowest BCUT2D eigenvalue weighted by molar-refractivity contribution is -0.357. The van der Waals surface area contributed by atoms with E-state index in [0.29, 0.717) is 5.41 Å². The van der Waals surface area contributed by atoms with Crippen LogP contribution >= 0.6 is 0 Å². The van der Waals surface area contributed by atoms with E-state index in [1.54, 1.807) is 5.57 Å². The largest absolute Gasteiger partial charge is 0.256 e. The van der Waals surface area contributed by atoms with Gasteiger partial charge in [0.1, 0.15) is 0 Å². The average Bonchev–Trinajstić information content (AvgIpc) is 2.29. The number of halogens is 1. The molecule has 0 N–H and O–H groups in total. The van der Waals surface area contributed by atoms with Crippen molar-refractivity contribution in [1.82, 2.24) is 0 Å². The molecule has 0 unspecified atom stereocenters. The second-order valence-corrected chi connectivity index (χ2v) is 6.69. The van der Waals surface area contributed by atoms with E-state index < -0.39 is 0 Å². The van der Waals surface area contributed by atoms with Gasteiger partial charge in [0.05, 0.1) is 0 Å². The van der Waals surface area contributed by atoms with Gasteiger partial charge in [-0.3, -0.25) is 0 Å². The molecule has 2 aliphatic carbocycles. The third-order valence-electron chi connectivity index (χ3n) is 5.01. The SMILES string of the molecule is C=C(C[IH+])[C@@H]1CCC2=CCC[C@@H](C)[C@]2(C)C1. The second kappa shape index (κ2) is 4.83. The van der Waals surface area contributed by atoms with Crippen molar-refractivity contribution < 1.29 is 22.6 Å². The molecule has 0 aromatic rings. The minimum atomic E-state index is 0.487. The second-order valence-electron chi connectivity index (χ2n) is 5.87. The molecule has 0 aromatic carbocycles. The van der Waals surface area contributed by atoms with Crippen molar-refractivity contribution in [3.05, 3.63) is 23.8 Å². The van der Waals surface area contributed by atoms with Crippen LogP contribution in [0.4, 0.5) is 0 Å². The van der Waals surface area contributed by atoms with Crippen LogP contribution in [-0.2, 0) is 0 Å². The topological polar surface area (TPSA) is 0 Å². The highest BCUT2D eigenvalue weighted by Gasteiger charge is 2.42. The Hall–Kier alpha value is 0.210. The number of hydrogen-bond donors (Lipinski definition) is 0. The first-order chi connectivity index (χ1) is 7.58. The maximum atomic E-state index is 4.27. The van der Waals surface area contributed by atoms with Crippen LogP contribution < -0.4 is 22.6 Å². The van der Waals surface area contributed by atoms with Gasteiger partial charge < -0.3 is 0 Å². The summed E-state index contributed by atoms with van der Waals surface area (Å²) in [7, 11) is 0. The zero-order chi connectivity index (χ0) is 11.8. The maximum absolute atomic E-state index is 4.27. The Morgan fingerprint density at radius 3 is 3.00 bits per heavy atom. The van der Waals surface area contributed by atoms with E-state index in [1.165, 1.54) is 42.1 Å². The number of fused-ring (bicyclic) bond motifs is 1. The molecule has 1 saturated carbocycles. The Kier molecular flexibility index (Phi) is 3.82. The minimum Gasteiger partial charge on any atom is -0.0954 e. The Morgan fingerprint density at radius 2 is 2.31 bits per heavy atom. The van der Waals surface area contributed by atoms with Gasteiger partial charge in [0.15, 0.2) is 4.43 Å². The Morgan fingerprint density at radius 1 is 1.56 bits per heavy atom. The van der Waals surface area contributed by atoms with Crippen molar-refractivity contribution in [2.24, 2.45) is 17.3 Å². The highest BCUT2D eigenvalue weighted by atomic mass is 127. The molecule has 0 amide bonds. The van der Waals surface area contributed by atoms with Crippen molar-refractivity contribution in [2.45, 2.75) is 46.0 Å². The van der Waals surface area contributed by atoms with Gasteiger partial charge in [0.25, 0.3) is 22.6 Å². The van der Waals surface area contributed by atoms with Crippen molar-refractivity contribution >= 4 is 0 Å². The molecule has 0 bridgehead atoms. The molecule has 0 radical (unpaired) electrons. The van der Waals surface area contributed by atoms with Crippen molar-refractivity contribution in [1.29, 1.82) is 0 Å². The lowest BCUT2D eigenvalue weighted by Gasteiger charge is -2.47. The molecule has 2 aliphatic rings. The Labute approximate surface area is 114 Å². The van der Waals surface area contributed by atoms with Crippen LogP contribution in [0.15, 0.2) is 23.8 Å². The minimum absolute atomic E-state index is 0.487. The average molecular weight is 331 g/mol. The first-order valence-corrected chi connectivity index (χ1v) is 8.18. The maximum Gasteiger partial charge on any atom is 0.256 e. The molecule has 16 heavy (non-hydrogen) atoms. The summed E-state index contributed by atoms with van der Waals surface area (Å²) >= 11 is 2.18. The lowest BCUT2D eigenvalue weighted by atomic mass is 9.58. The van der Waals surface area contributed by atoms with Crippen LogP contribution in [0.2, 0.25) is 0 Å². The van der Waals surface area contributed by atoms with Gasteiger partial charge in [-0.25, -0.2) is 0 Å². The molecule has 0 aromatic heterocycles. The molecule has 0 saturated heterocycles. The highest BCUT2D eigenvalue weighted by Crippen LogP contribution is 2.53. The number of hydrogen-bond acceptors (Lipinski definition) is 0. The Bertz CT molecular complexity index is 315. The molecule has 1 heteroatoms. The highest BCUT2D eigenvalue weighted by molar-refractivity contribution is 5.23. The Balaban J connectivity index is 2.19. The summed E-state index contributed by atoms with van der Waals surface area (Å²) in [6.45, 7) is 9.22. The summed E-state index contributed by atoms with van der Waals surface area (Å²) < 4.78 is 1.17. The number of alkyl halides is 1. The number of allylic oxidation sites excluding steroid dienone is 3. The molecule has 0 aliphatic heterocycles. The molecule has 2 rings (SSSR count). The van der Waals surface area contributed by atoms with E-state index >= 15 is 0 Å². The molecule has 90 valence electrons. The summed E-state index contributed by atoms with van der Waals surface area (Å²) in [5, 5.41) is 0. The third kappa shape index (κ3) is 2.12. The van der Waals surface area contributed by atoms with Gasteiger partial charge in [-0.05, 0) is 54.9 Å². The van der Waals surface area contributed by atoms with E-state index in [4.69, 9.17) is 0 Å². The molecule has 1 fully saturated rings. The summed E-state index contributed by atoms with van der Waals surface area (Å²) in [5.74, 6) is 1.65. The molecule has 0 nitrogen and oxygen atoms in total. The van der Waals surface area contributed by atoms with Crippen molar-refractivity contribution in [2.75, 3.05) is 4.43 Å². The van der Waals surface area contributed by atoms with Crippen LogP contribution in [0.5, 0.6) is 0 Å². The summed E-state index contributed by atoms with van der Waals surface area (Å²) in [6, 6.07) is 0. The van der Waals surface area contributed by atoms with E-state index in [1.807, 2.05) is 0 Å². The fourth-order valence-corrected chi connectivity index (χ4v) is 4.18. The van der Waals surface area contributed by atoms with E-state index in [-0.39, 0.29) is 0 Å². The fraction of sp³-hybridized carbons (Fsp3) is 0.733. The normalized spacial score (nSPS) is 38.8. The molecule has 0 heterocycles. The van der Waals surface area contributed by atoms with Gasteiger partial charge in [-0.1, -0.05) is 32.1 Å². The van der Waals surface area contributed by atoms with Gasteiger partial charge >= 0.3 is 0 Å². The molecule has 0 spiro atoms. The smallest absolute Gasteiger partial charge is 0.0954 e. The van der Waals surface area contributed by atoms with Gasteiger partial charge in [0, 0.05) is 0 Å². The van der Waals surface area contributed by atoms with Crippen molar-refractivity contribution in [3.8, 4) is 0 Å². The molecular weight excluding hydrogens is 307 g/mol. The van der Waals surface area contributed by atoms with Crippen LogP contribution in [0.3, 0.4) is 0 Å². The zero-order valence-corrected chi connectivity index (χ0v) is 12.9. The first kappa shape index (κ1) is 12.7. The van der Waals surface area contributed by atoms with Crippen LogP contribution in [0, 0.1) is 17.3 Å². The van der Waals surface area contributed by atoms with Gasteiger partial charge in [0.2, 0.25) is 0 Å². The van der Waals surface area contributed by atoms with Crippen LogP contribution in [0.25, 0.3) is 0 Å². The van der Waals surface area contributed by atoms with E-state index in [9.17, 15) is 0 Å². The van der Waals surface area contributed by atoms with Crippen LogP contribution in [-0.4, -0.2) is 4.43 Å². The van der Waals surface area contributed by atoms with Gasteiger partial charge in [-0.15, -0.1) is 0 Å². The third-order valence-corrected chi connectivity index (χ3v) is 6.07. The molecular formula is C15H24I+. The van der Waals surface area contributed by atoms with E-state index in [0.717, 1.165) is 11.8 Å². The predicted molar refractivity (Wildman–Crippen MR) is 67.3 cm³/mol. The first-order valence-electron chi connectivity index (χ1n) is 6.53. The predicted octanol–water partition coefficient (Wildman–Crippen LogP) is 0.991. The van der Waals surface area contributed by atoms with Crippen molar-refractivity contribution in [3.63, 3.8) is 0 Å². The number of rotatable bonds is 2. The molecule has 3 atom stereocenters. The fourth-order valence-electron chi connectivity index (χ4n) is 3.51. The van der Waals surface area contributed by atoms with E-state index in [2.05, 4.69) is 49.1 Å². The monoisotopic (exact) mass is 331 g/mol. The summed E-state index contributed by atoms with van der Waals surface area (Å²) in [4.78, 5) is 0. The lowest BCUT2D eigenvalue weighted by Crippen LogP contribution is -3.35. The summed E-state index contributed by atoms with van der Waals surface area (Å²) in [6.07, 6.45) is 9.26. The standard InChI is InChI=1S/C15H24I/c1-11(10-16)13-7-8-14-6-4-5-12(2)15(14,3)9-13/h6,12-13,16H,1,4-5,7-10H2,2-3H3/q+1/t12-,13-,15+/m1/s1.